The summed E-state index contributed by atoms with van der Waals surface area (Å²) in [7, 11) is 4.05. The summed E-state index contributed by atoms with van der Waals surface area (Å²) < 4.78 is 7.78. The highest BCUT2D eigenvalue weighted by atomic mass is 16.5. The molecule has 1 amide bonds. The van der Waals surface area contributed by atoms with Gasteiger partial charge in [0.15, 0.2) is 5.65 Å². The zero-order valence-electron chi connectivity index (χ0n) is 19.1. The van der Waals surface area contributed by atoms with Crippen molar-refractivity contribution in [2.24, 2.45) is 7.05 Å². The van der Waals surface area contributed by atoms with Gasteiger partial charge >= 0.3 is 0 Å². The van der Waals surface area contributed by atoms with Crippen LogP contribution in [0.25, 0.3) is 11.0 Å². The van der Waals surface area contributed by atoms with Gasteiger partial charge in [0.2, 0.25) is 0 Å². The number of likely N-dealkylation sites (tertiary alicyclic amines) is 1. The standard InChI is InChI=1S/C25H31N5O2/c1-16-23-21(14-22(17-7-8-17)27-24(23)30(3)28-16)25(31)26-18-9-11-20(12-10-18)32-15-19-6-4-5-13-29(19)2/h9-12,14,17,19H,4-8,13,15H2,1-3H3,(H,26,31). The van der Waals surface area contributed by atoms with Crippen LogP contribution < -0.4 is 10.1 Å². The summed E-state index contributed by atoms with van der Waals surface area (Å²) in [6, 6.07) is 10.1. The zero-order valence-corrected chi connectivity index (χ0v) is 19.1. The summed E-state index contributed by atoms with van der Waals surface area (Å²) in [4.78, 5) is 20.4. The number of fused-ring (bicyclic) bond motifs is 1. The van der Waals surface area contributed by atoms with Crippen LogP contribution >= 0.6 is 0 Å². The maximum atomic E-state index is 13.2. The molecule has 1 atom stereocenters. The number of pyridine rings is 1. The van der Waals surface area contributed by atoms with E-state index in [4.69, 9.17) is 9.72 Å². The molecule has 1 aliphatic carbocycles. The third-order valence-electron chi connectivity index (χ3n) is 6.70. The number of hydrogen-bond acceptors (Lipinski definition) is 5. The molecule has 3 heterocycles. The first-order chi connectivity index (χ1) is 15.5. The zero-order chi connectivity index (χ0) is 22.2. The van der Waals surface area contributed by atoms with Crippen molar-refractivity contribution >= 4 is 22.6 Å². The molecule has 2 aromatic heterocycles. The average Bonchev–Trinajstić information content (AvgIpc) is 3.60. The number of piperidine rings is 1. The van der Waals surface area contributed by atoms with Crippen LogP contribution in [0.15, 0.2) is 30.3 Å². The average molecular weight is 434 g/mol. The van der Waals surface area contributed by atoms with E-state index in [1.165, 1.54) is 19.3 Å². The number of nitrogens with zero attached hydrogens (tertiary/aromatic N) is 4. The Bertz CT molecular complexity index is 1130. The van der Waals surface area contributed by atoms with E-state index in [1.807, 2.05) is 44.3 Å². The Morgan fingerprint density at radius 1 is 1.16 bits per heavy atom. The van der Waals surface area contributed by atoms with Crippen molar-refractivity contribution in [3.63, 3.8) is 0 Å². The number of likely N-dealkylation sites (N-methyl/N-ethyl adjacent to an activating group) is 1. The van der Waals surface area contributed by atoms with Crippen LogP contribution in [0.4, 0.5) is 5.69 Å². The lowest BCUT2D eigenvalue weighted by atomic mass is 10.0. The molecule has 5 rings (SSSR count). The Morgan fingerprint density at radius 3 is 2.66 bits per heavy atom. The van der Waals surface area contributed by atoms with E-state index in [0.717, 1.165) is 53.2 Å². The van der Waals surface area contributed by atoms with E-state index >= 15 is 0 Å². The van der Waals surface area contributed by atoms with Crippen LogP contribution in [0.1, 0.15) is 59.8 Å². The van der Waals surface area contributed by atoms with Crippen molar-refractivity contribution in [1.29, 1.82) is 0 Å². The molecule has 2 fully saturated rings. The van der Waals surface area contributed by atoms with E-state index in [2.05, 4.69) is 22.4 Å². The van der Waals surface area contributed by atoms with E-state index in [1.54, 1.807) is 4.68 Å². The Morgan fingerprint density at radius 2 is 1.94 bits per heavy atom. The normalized spacial score (nSPS) is 19.3. The maximum Gasteiger partial charge on any atom is 0.256 e. The number of amides is 1. The molecule has 1 aliphatic heterocycles. The molecule has 1 unspecified atom stereocenters. The molecular formula is C25H31N5O2. The van der Waals surface area contributed by atoms with Gasteiger partial charge in [0.1, 0.15) is 12.4 Å². The molecule has 2 aliphatic rings. The molecule has 168 valence electrons. The Balaban J connectivity index is 1.30. The topological polar surface area (TPSA) is 72.3 Å². The second kappa shape index (κ2) is 8.54. The van der Waals surface area contributed by atoms with Gasteiger partial charge in [-0.1, -0.05) is 6.42 Å². The number of carbonyl (C=O) groups is 1. The van der Waals surface area contributed by atoms with Crippen molar-refractivity contribution in [2.75, 3.05) is 25.5 Å². The van der Waals surface area contributed by atoms with Crippen LogP contribution in [0.5, 0.6) is 5.75 Å². The highest BCUT2D eigenvalue weighted by Crippen LogP contribution is 2.40. The van der Waals surface area contributed by atoms with Crippen molar-refractivity contribution < 1.29 is 9.53 Å². The number of benzene rings is 1. The molecule has 1 saturated heterocycles. The summed E-state index contributed by atoms with van der Waals surface area (Å²) >= 11 is 0. The van der Waals surface area contributed by atoms with Crippen molar-refractivity contribution in [3.05, 3.63) is 47.3 Å². The van der Waals surface area contributed by atoms with Crippen LogP contribution in [0.3, 0.4) is 0 Å². The van der Waals surface area contributed by atoms with E-state index in [-0.39, 0.29) is 5.91 Å². The predicted molar refractivity (Wildman–Crippen MR) is 125 cm³/mol. The maximum absolute atomic E-state index is 13.2. The first-order valence-corrected chi connectivity index (χ1v) is 11.6. The number of aromatic nitrogens is 3. The monoisotopic (exact) mass is 433 g/mol. The first kappa shape index (κ1) is 20.9. The number of anilines is 1. The lowest BCUT2D eigenvalue weighted by Gasteiger charge is -2.32. The third kappa shape index (κ3) is 4.21. The molecule has 3 aromatic rings. The summed E-state index contributed by atoms with van der Waals surface area (Å²) in [5.74, 6) is 1.15. The van der Waals surface area contributed by atoms with Crippen molar-refractivity contribution in [2.45, 2.75) is 51.0 Å². The van der Waals surface area contributed by atoms with Gasteiger partial charge in [0.05, 0.1) is 16.6 Å². The van der Waals surface area contributed by atoms with Gasteiger partial charge in [-0.3, -0.25) is 9.48 Å². The predicted octanol–water partition coefficient (Wildman–Crippen LogP) is 4.27. The molecule has 7 heteroatoms. The fraction of sp³-hybridized carbons (Fsp3) is 0.480. The minimum absolute atomic E-state index is 0.132. The SMILES string of the molecule is Cc1nn(C)c2nc(C3CC3)cc(C(=O)Nc3ccc(OCC4CCCCN4C)cc3)c12. The van der Waals surface area contributed by atoms with Crippen LogP contribution in [-0.4, -0.2) is 51.8 Å². The van der Waals surface area contributed by atoms with Crippen LogP contribution in [0.2, 0.25) is 0 Å². The van der Waals surface area contributed by atoms with Crippen molar-refractivity contribution in [1.82, 2.24) is 19.7 Å². The minimum Gasteiger partial charge on any atom is -0.492 e. The summed E-state index contributed by atoms with van der Waals surface area (Å²) in [6.45, 7) is 3.76. The molecule has 7 nitrogen and oxygen atoms in total. The van der Waals surface area contributed by atoms with E-state index in [0.29, 0.717) is 24.1 Å². The number of nitrogens with one attached hydrogen (secondary N) is 1. The number of ether oxygens (including phenoxy) is 1. The van der Waals surface area contributed by atoms with Gasteiger partial charge in [-0.15, -0.1) is 0 Å². The molecule has 32 heavy (non-hydrogen) atoms. The lowest BCUT2D eigenvalue weighted by Crippen LogP contribution is -2.40. The highest BCUT2D eigenvalue weighted by Gasteiger charge is 2.28. The van der Waals surface area contributed by atoms with Crippen molar-refractivity contribution in [3.8, 4) is 5.75 Å². The third-order valence-corrected chi connectivity index (χ3v) is 6.70. The Labute approximate surface area is 188 Å². The molecule has 0 bridgehead atoms. The number of rotatable bonds is 6. The lowest BCUT2D eigenvalue weighted by molar-refractivity contribution is 0.102. The van der Waals surface area contributed by atoms with Gasteiger partial charge in [-0.05, 0) is 76.5 Å². The molecular weight excluding hydrogens is 402 g/mol. The summed E-state index contributed by atoms with van der Waals surface area (Å²) in [6.07, 6.45) is 5.99. The minimum atomic E-state index is -0.132. The van der Waals surface area contributed by atoms with Gasteiger partial charge in [-0.25, -0.2) is 4.98 Å². The summed E-state index contributed by atoms with van der Waals surface area (Å²) in [5, 5.41) is 8.36. The second-order valence-electron chi connectivity index (χ2n) is 9.20. The Hall–Kier alpha value is -2.93. The molecule has 1 aromatic carbocycles. The van der Waals surface area contributed by atoms with Gasteiger partial charge in [-0.2, -0.15) is 5.10 Å². The van der Waals surface area contributed by atoms with Crippen LogP contribution in [0, 0.1) is 6.92 Å². The number of aryl methyl sites for hydroxylation is 2. The molecule has 0 spiro atoms. The fourth-order valence-electron chi connectivity index (χ4n) is 4.61. The van der Waals surface area contributed by atoms with Crippen LogP contribution in [-0.2, 0) is 7.05 Å². The van der Waals surface area contributed by atoms with Gasteiger partial charge < -0.3 is 15.0 Å². The van der Waals surface area contributed by atoms with E-state index < -0.39 is 0 Å². The van der Waals surface area contributed by atoms with Gasteiger partial charge in [0, 0.05) is 30.4 Å². The largest absolute Gasteiger partial charge is 0.492 e. The van der Waals surface area contributed by atoms with Gasteiger partial charge in [0.25, 0.3) is 5.91 Å². The fourth-order valence-corrected chi connectivity index (χ4v) is 4.61. The highest BCUT2D eigenvalue weighted by molar-refractivity contribution is 6.12. The van der Waals surface area contributed by atoms with E-state index in [9.17, 15) is 4.79 Å². The smallest absolute Gasteiger partial charge is 0.256 e. The summed E-state index contributed by atoms with van der Waals surface area (Å²) in [5.41, 5.74) is 3.97. The first-order valence-electron chi connectivity index (χ1n) is 11.6. The molecule has 0 radical (unpaired) electrons. The number of hydrogen-bond donors (Lipinski definition) is 1. The second-order valence-corrected chi connectivity index (χ2v) is 9.20. The molecule has 1 saturated carbocycles. The number of carbonyl (C=O) groups excluding carboxylic acids is 1. The Kier molecular flexibility index (Phi) is 5.59. The molecule has 1 N–H and O–H groups in total. The quantitative estimate of drug-likeness (QED) is 0.629.